The van der Waals surface area contributed by atoms with Gasteiger partial charge in [0.15, 0.2) is 0 Å². The van der Waals surface area contributed by atoms with Crippen LogP contribution in [0.5, 0.6) is 0 Å². The smallest absolute Gasteiger partial charge is 0.252 e. The molecule has 0 N–H and O–H groups in total. The van der Waals surface area contributed by atoms with Crippen LogP contribution in [0.25, 0.3) is 77.2 Å². The van der Waals surface area contributed by atoms with E-state index in [0.717, 1.165) is 11.4 Å². The van der Waals surface area contributed by atoms with E-state index in [2.05, 4.69) is 272 Å². The number of anilines is 6. The molecule has 0 unspecified atom stereocenters. The van der Waals surface area contributed by atoms with Crippen LogP contribution in [0, 0.1) is 83.1 Å². The zero-order valence-electron chi connectivity index (χ0n) is 50.1. The van der Waals surface area contributed by atoms with Crippen molar-refractivity contribution in [3.05, 3.63) is 237 Å². The largest absolute Gasteiger partial charge is 0.311 e. The number of nitrogens with zero attached hydrogens (tertiary/aromatic N) is 4. The summed E-state index contributed by atoms with van der Waals surface area (Å²) in [6.07, 6.45) is 0. The molecule has 13 aromatic rings. The second-order valence-electron chi connectivity index (χ2n) is 25.7. The molecule has 0 saturated carbocycles. The molecule has 0 radical (unpaired) electrons. The molecule has 0 fully saturated rings. The van der Waals surface area contributed by atoms with Crippen LogP contribution in [-0.2, 0) is 0 Å². The number of hydrogen-bond donors (Lipinski definition) is 0. The molecule has 6 heterocycles. The van der Waals surface area contributed by atoms with Gasteiger partial charge in [0.25, 0.3) is 13.4 Å². The van der Waals surface area contributed by atoms with Gasteiger partial charge in [-0.1, -0.05) is 129 Å². The fourth-order valence-corrected chi connectivity index (χ4v) is 16.6. The first-order valence-electron chi connectivity index (χ1n) is 30.1. The Morgan fingerprint density at radius 3 is 1.21 bits per heavy atom. The van der Waals surface area contributed by atoms with Gasteiger partial charge in [0.2, 0.25) is 0 Å². The van der Waals surface area contributed by atoms with Crippen LogP contribution >= 0.6 is 0 Å². The highest BCUT2D eigenvalue weighted by atomic mass is 15.2. The highest BCUT2D eigenvalue weighted by Crippen LogP contribution is 2.49. The van der Waals surface area contributed by atoms with Gasteiger partial charge in [-0.15, -0.1) is 0 Å². The molecule has 11 aromatic carbocycles. The lowest BCUT2D eigenvalue weighted by atomic mass is 9.30. The fraction of sp³-hybridized carbons (Fsp3) is 0.154. The molecule has 4 aliphatic heterocycles. The van der Waals surface area contributed by atoms with E-state index in [9.17, 15) is 0 Å². The van der Waals surface area contributed by atoms with Gasteiger partial charge in [0.1, 0.15) is 0 Å². The van der Waals surface area contributed by atoms with Crippen molar-refractivity contribution in [2.45, 2.75) is 83.1 Å². The number of fused-ring (bicyclic) bond motifs is 14. The summed E-state index contributed by atoms with van der Waals surface area (Å²) in [4.78, 5) is 5.30. The minimum Gasteiger partial charge on any atom is -0.311 e. The molecule has 0 saturated heterocycles. The van der Waals surface area contributed by atoms with Crippen LogP contribution in [0.15, 0.2) is 170 Å². The Balaban J connectivity index is 1.06. The molecule has 2 aromatic heterocycles. The van der Waals surface area contributed by atoms with E-state index < -0.39 is 0 Å². The van der Waals surface area contributed by atoms with Gasteiger partial charge >= 0.3 is 0 Å². The number of rotatable bonds is 4. The van der Waals surface area contributed by atoms with E-state index in [1.54, 1.807) is 0 Å². The monoisotopic (exact) mass is 1080 g/mol. The number of benzene rings is 11. The first-order chi connectivity index (χ1) is 40.6. The Labute approximate surface area is 493 Å². The van der Waals surface area contributed by atoms with E-state index >= 15 is 0 Å². The summed E-state index contributed by atoms with van der Waals surface area (Å²) < 4.78 is 5.30. The van der Waals surface area contributed by atoms with Gasteiger partial charge in [-0.05, 0) is 245 Å². The van der Waals surface area contributed by atoms with E-state index in [1.165, 1.54) is 200 Å². The van der Waals surface area contributed by atoms with E-state index in [-0.39, 0.29) is 13.4 Å². The zero-order valence-corrected chi connectivity index (χ0v) is 50.1. The zero-order chi connectivity index (χ0) is 57.2. The molecule has 84 heavy (non-hydrogen) atoms. The van der Waals surface area contributed by atoms with Crippen molar-refractivity contribution in [1.29, 1.82) is 0 Å². The molecule has 4 aliphatic rings. The topological polar surface area (TPSA) is 16.3 Å². The molecule has 0 bridgehead atoms. The lowest BCUT2D eigenvalue weighted by Gasteiger charge is -2.45. The highest BCUT2D eigenvalue weighted by Gasteiger charge is 2.48. The fourth-order valence-electron chi connectivity index (χ4n) is 16.6. The van der Waals surface area contributed by atoms with Crippen molar-refractivity contribution < 1.29 is 0 Å². The molecule has 6 heteroatoms. The summed E-state index contributed by atoms with van der Waals surface area (Å²) in [5.74, 6) is 0. The Morgan fingerprint density at radius 1 is 0.262 bits per heavy atom. The lowest BCUT2D eigenvalue weighted by Crippen LogP contribution is -2.65. The maximum atomic E-state index is 2.71. The third kappa shape index (κ3) is 6.63. The summed E-state index contributed by atoms with van der Waals surface area (Å²) in [5.41, 5.74) is 43.4. The van der Waals surface area contributed by atoms with Crippen LogP contribution in [0.2, 0.25) is 0 Å². The van der Waals surface area contributed by atoms with Gasteiger partial charge < -0.3 is 18.9 Å². The van der Waals surface area contributed by atoms with Crippen LogP contribution in [0.3, 0.4) is 0 Å². The lowest BCUT2D eigenvalue weighted by molar-refractivity contribution is 1.17. The second-order valence-corrected chi connectivity index (χ2v) is 25.7. The Hall–Kier alpha value is -9.25. The van der Waals surface area contributed by atoms with Crippen LogP contribution < -0.4 is 42.6 Å². The van der Waals surface area contributed by atoms with E-state index in [4.69, 9.17) is 0 Å². The van der Waals surface area contributed by atoms with Crippen molar-refractivity contribution in [3.63, 3.8) is 0 Å². The minimum absolute atomic E-state index is 0.0769. The average molecular weight is 1080 g/mol. The maximum Gasteiger partial charge on any atom is 0.252 e. The second kappa shape index (κ2) is 17.2. The first kappa shape index (κ1) is 49.4. The molecule has 0 amide bonds. The molecule has 17 rings (SSSR count). The van der Waals surface area contributed by atoms with Gasteiger partial charge in [-0.25, -0.2) is 0 Å². The maximum absolute atomic E-state index is 2.71. The van der Waals surface area contributed by atoms with Crippen LogP contribution in [0.1, 0.15) is 66.8 Å². The number of hydrogen-bond acceptors (Lipinski definition) is 2. The minimum atomic E-state index is -0.0787. The predicted molar refractivity (Wildman–Crippen MR) is 362 cm³/mol. The van der Waals surface area contributed by atoms with Gasteiger partial charge in [0.05, 0.1) is 11.0 Å². The molecular formula is C78H64B2N4. The number of aryl methyl sites for hydroxylation is 12. The van der Waals surface area contributed by atoms with Gasteiger partial charge in [-0.3, -0.25) is 0 Å². The molecule has 402 valence electrons. The summed E-state index contributed by atoms with van der Waals surface area (Å²) in [6.45, 7) is 27.1. The molecule has 0 atom stereocenters. The van der Waals surface area contributed by atoms with Gasteiger partial charge in [0, 0.05) is 78.1 Å². The highest BCUT2D eigenvalue weighted by molar-refractivity contribution is 7.03. The van der Waals surface area contributed by atoms with Crippen molar-refractivity contribution in [3.8, 4) is 33.6 Å². The normalized spacial score (nSPS) is 13.4. The summed E-state index contributed by atoms with van der Waals surface area (Å²) in [7, 11) is 0. The Bertz CT molecular complexity index is 5120. The standard InChI is InChI=1S/C78H64B2N4/c1-41-13-20-55(21-14-41)81-66-40-67-62(39-61(66)79-63-34-47(7)33-60-59-32-44(4)18-26-65(59)83(77(60)63)70-37-53(35-68(81)75(70)79)72-49(9)27-45(5)28-50(72)10)80-74-48(8)19-24-57-58-31-43(3)17-25-64(58)84(78(57)74)71-38-54(73-51(11)29-46(6)30-52(73)12)36-69(76(71)80)82(67)56-22-15-42(2)16-23-56/h13-40H,1-12H3. The molecule has 4 nitrogen and oxygen atoms in total. The van der Waals surface area contributed by atoms with Crippen molar-refractivity contribution >= 4 is 124 Å². The van der Waals surface area contributed by atoms with Crippen LogP contribution in [-0.4, -0.2) is 22.6 Å². The summed E-state index contributed by atoms with van der Waals surface area (Å²) in [5, 5.41) is 5.24. The number of aromatic nitrogens is 2. The summed E-state index contributed by atoms with van der Waals surface area (Å²) >= 11 is 0. The van der Waals surface area contributed by atoms with Gasteiger partial charge in [-0.2, -0.15) is 0 Å². The Kier molecular flexibility index (Phi) is 10.1. The van der Waals surface area contributed by atoms with Crippen molar-refractivity contribution in [2.24, 2.45) is 0 Å². The average Bonchev–Trinajstić information content (AvgIpc) is 1.29. The van der Waals surface area contributed by atoms with Crippen molar-refractivity contribution in [2.75, 3.05) is 9.80 Å². The van der Waals surface area contributed by atoms with E-state index in [0.29, 0.717) is 0 Å². The van der Waals surface area contributed by atoms with Crippen LogP contribution in [0.4, 0.5) is 34.1 Å². The molecule has 0 spiro atoms. The predicted octanol–water partition coefficient (Wildman–Crippen LogP) is 16.1. The van der Waals surface area contributed by atoms with Crippen molar-refractivity contribution in [1.82, 2.24) is 9.13 Å². The molecule has 0 aliphatic carbocycles. The molecular weight excluding hydrogens is 1010 g/mol. The SMILES string of the molecule is Cc1ccc(N2c3cc4c(cc3B3c5c2cc(-c2c(C)cc(C)cc2C)cc5-n2c5ccc(C)cc5c5cc(C)cc3c52)B2c3c(cc(-c5c(C)cc(C)cc5C)cc3-n3c5ccc(C)cc5c5ccc(C)c2c53)N4c2ccc(C)cc2)cc1. The Morgan fingerprint density at radius 2 is 0.690 bits per heavy atom. The van der Waals surface area contributed by atoms with E-state index in [1.807, 2.05) is 0 Å². The third-order valence-corrected chi connectivity index (χ3v) is 19.7. The quantitative estimate of drug-likeness (QED) is 0.163. The first-order valence-corrected chi connectivity index (χ1v) is 30.1. The summed E-state index contributed by atoms with van der Waals surface area (Å²) in [6, 6.07) is 67.7. The third-order valence-electron chi connectivity index (χ3n) is 19.7.